The Morgan fingerprint density at radius 3 is 2.65 bits per heavy atom. The number of hydrogen-bond acceptors (Lipinski definition) is 3. The number of aromatic amines is 1. The van der Waals surface area contributed by atoms with E-state index in [0.29, 0.717) is 30.6 Å². The molecule has 0 fully saturated rings. The molecule has 0 unspecified atom stereocenters. The molecule has 3 rings (SSSR count). The standard InChI is InChI=1S/C18H18N2O3/c1-11-5-7-12(8-6-11)10-19-17(22)14-9-13-15(20-18(14)23)3-2-4-16(13)21/h5-9H,2-4,10H2,1H3,(H,19,22)(H,20,23). The second-order valence-corrected chi connectivity index (χ2v) is 5.85. The summed E-state index contributed by atoms with van der Waals surface area (Å²) in [7, 11) is 0. The molecule has 0 atom stereocenters. The van der Waals surface area contributed by atoms with Crippen molar-refractivity contribution in [1.82, 2.24) is 10.3 Å². The van der Waals surface area contributed by atoms with E-state index in [9.17, 15) is 14.4 Å². The van der Waals surface area contributed by atoms with Crippen LogP contribution >= 0.6 is 0 Å². The number of ketones is 1. The van der Waals surface area contributed by atoms with Crippen LogP contribution in [-0.4, -0.2) is 16.7 Å². The number of rotatable bonds is 3. The number of amides is 1. The van der Waals surface area contributed by atoms with Gasteiger partial charge in [-0.15, -0.1) is 0 Å². The van der Waals surface area contributed by atoms with Crippen molar-refractivity contribution in [1.29, 1.82) is 0 Å². The minimum atomic E-state index is -0.465. The number of aromatic nitrogens is 1. The third kappa shape index (κ3) is 3.23. The van der Waals surface area contributed by atoms with Gasteiger partial charge in [0.15, 0.2) is 5.78 Å². The Morgan fingerprint density at radius 1 is 1.17 bits per heavy atom. The lowest BCUT2D eigenvalue weighted by Gasteiger charge is -2.15. The third-order valence-corrected chi connectivity index (χ3v) is 4.07. The van der Waals surface area contributed by atoms with Crippen LogP contribution in [0.25, 0.3) is 0 Å². The summed E-state index contributed by atoms with van der Waals surface area (Å²) in [5.74, 6) is -0.483. The SMILES string of the molecule is Cc1ccc(CNC(=O)c2cc3c([nH]c2=O)CCCC3=O)cc1. The lowest BCUT2D eigenvalue weighted by atomic mass is 9.93. The van der Waals surface area contributed by atoms with Gasteiger partial charge in [-0.3, -0.25) is 14.4 Å². The molecule has 0 aliphatic heterocycles. The highest BCUT2D eigenvalue weighted by Crippen LogP contribution is 2.18. The highest BCUT2D eigenvalue weighted by molar-refractivity contribution is 6.01. The molecule has 2 N–H and O–H groups in total. The van der Waals surface area contributed by atoms with E-state index >= 15 is 0 Å². The first-order valence-corrected chi connectivity index (χ1v) is 7.68. The summed E-state index contributed by atoms with van der Waals surface area (Å²) in [5.41, 5.74) is 2.75. The molecule has 1 aromatic carbocycles. The lowest BCUT2D eigenvalue weighted by Crippen LogP contribution is -2.31. The number of Topliss-reactive ketones (excluding diaryl/α,β-unsaturated/α-hetero) is 1. The van der Waals surface area contributed by atoms with Crippen LogP contribution < -0.4 is 10.9 Å². The van der Waals surface area contributed by atoms with Crippen LogP contribution in [0.15, 0.2) is 35.1 Å². The summed E-state index contributed by atoms with van der Waals surface area (Å²) in [6, 6.07) is 9.21. The average molecular weight is 310 g/mol. The normalized spacial score (nSPS) is 13.5. The maximum atomic E-state index is 12.3. The number of carbonyl (C=O) groups excluding carboxylic acids is 2. The van der Waals surface area contributed by atoms with Gasteiger partial charge in [0.25, 0.3) is 11.5 Å². The predicted molar refractivity (Wildman–Crippen MR) is 86.7 cm³/mol. The zero-order chi connectivity index (χ0) is 16.4. The molecule has 0 saturated carbocycles. The van der Waals surface area contributed by atoms with E-state index in [1.807, 2.05) is 31.2 Å². The number of nitrogens with one attached hydrogen (secondary N) is 2. The van der Waals surface area contributed by atoms with Crippen molar-refractivity contribution in [3.05, 3.63) is 68.6 Å². The Labute approximate surface area is 133 Å². The predicted octanol–water partition coefficient (Wildman–Crippen LogP) is 2.13. The second-order valence-electron chi connectivity index (χ2n) is 5.85. The van der Waals surface area contributed by atoms with E-state index in [2.05, 4.69) is 10.3 Å². The smallest absolute Gasteiger partial charge is 0.261 e. The van der Waals surface area contributed by atoms with Crippen molar-refractivity contribution in [2.75, 3.05) is 0 Å². The topological polar surface area (TPSA) is 79.0 Å². The fraction of sp³-hybridized carbons (Fsp3) is 0.278. The monoisotopic (exact) mass is 310 g/mol. The molecule has 23 heavy (non-hydrogen) atoms. The lowest BCUT2D eigenvalue weighted by molar-refractivity contribution is 0.0949. The van der Waals surface area contributed by atoms with Gasteiger partial charge in [-0.25, -0.2) is 0 Å². The fourth-order valence-electron chi connectivity index (χ4n) is 2.73. The van der Waals surface area contributed by atoms with E-state index in [1.54, 1.807) is 0 Å². The van der Waals surface area contributed by atoms with Gasteiger partial charge in [-0.05, 0) is 31.4 Å². The van der Waals surface area contributed by atoms with Gasteiger partial charge in [0.05, 0.1) is 0 Å². The fourth-order valence-corrected chi connectivity index (χ4v) is 2.73. The average Bonchev–Trinajstić information content (AvgIpc) is 2.54. The van der Waals surface area contributed by atoms with Crippen LogP contribution in [0, 0.1) is 6.92 Å². The van der Waals surface area contributed by atoms with E-state index < -0.39 is 11.5 Å². The Hall–Kier alpha value is -2.69. The number of pyridine rings is 1. The second kappa shape index (κ2) is 6.20. The molecule has 1 aliphatic rings. The van der Waals surface area contributed by atoms with E-state index in [4.69, 9.17) is 0 Å². The van der Waals surface area contributed by atoms with Crippen LogP contribution in [-0.2, 0) is 13.0 Å². The molecule has 5 nitrogen and oxygen atoms in total. The molecule has 1 amide bonds. The molecule has 1 heterocycles. The molecule has 1 aromatic heterocycles. The molecule has 0 saturated heterocycles. The van der Waals surface area contributed by atoms with Gasteiger partial charge in [0.1, 0.15) is 5.56 Å². The number of fused-ring (bicyclic) bond motifs is 1. The van der Waals surface area contributed by atoms with Crippen LogP contribution in [0.3, 0.4) is 0 Å². The van der Waals surface area contributed by atoms with Crippen molar-refractivity contribution in [2.24, 2.45) is 0 Å². The van der Waals surface area contributed by atoms with E-state index in [1.165, 1.54) is 6.07 Å². The molecular weight excluding hydrogens is 292 g/mol. The molecule has 5 heteroatoms. The third-order valence-electron chi connectivity index (χ3n) is 4.07. The van der Waals surface area contributed by atoms with Crippen LogP contribution in [0.4, 0.5) is 0 Å². The first-order chi connectivity index (χ1) is 11.0. The number of H-pyrrole nitrogens is 1. The van der Waals surface area contributed by atoms with Gasteiger partial charge in [0, 0.05) is 24.2 Å². The van der Waals surface area contributed by atoms with E-state index in [-0.39, 0.29) is 11.3 Å². The highest BCUT2D eigenvalue weighted by Gasteiger charge is 2.21. The first kappa shape index (κ1) is 15.2. The summed E-state index contributed by atoms with van der Waals surface area (Å²) in [4.78, 5) is 38.9. The minimum Gasteiger partial charge on any atom is -0.348 e. The van der Waals surface area contributed by atoms with Crippen molar-refractivity contribution >= 4 is 11.7 Å². The Kier molecular flexibility index (Phi) is 4.10. The molecular formula is C18H18N2O3. The minimum absolute atomic E-state index is 0.00823. The number of hydrogen-bond donors (Lipinski definition) is 2. The summed E-state index contributed by atoms with van der Waals surface area (Å²) in [6.45, 7) is 2.33. The van der Waals surface area contributed by atoms with Gasteiger partial charge in [-0.2, -0.15) is 0 Å². The summed E-state index contributed by atoms with van der Waals surface area (Å²) in [6.07, 6.45) is 1.87. The molecule has 118 valence electrons. The highest BCUT2D eigenvalue weighted by atomic mass is 16.2. The molecule has 1 aliphatic carbocycles. The summed E-state index contributed by atoms with van der Waals surface area (Å²) in [5, 5.41) is 2.73. The first-order valence-electron chi connectivity index (χ1n) is 7.68. The quantitative estimate of drug-likeness (QED) is 0.911. The van der Waals surface area contributed by atoms with E-state index in [0.717, 1.165) is 17.5 Å². The maximum Gasteiger partial charge on any atom is 0.261 e. The van der Waals surface area contributed by atoms with Gasteiger partial charge in [0.2, 0.25) is 0 Å². The van der Waals surface area contributed by atoms with Crippen molar-refractivity contribution in [3.8, 4) is 0 Å². The molecule has 0 radical (unpaired) electrons. The largest absolute Gasteiger partial charge is 0.348 e. The van der Waals surface area contributed by atoms with Crippen LogP contribution in [0.1, 0.15) is 50.4 Å². The van der Waals surface area contributed by atoms with Crippen molar-refractivity contribution in [3.63, 3.8) is 0 Å². The molecule has 0 spiro atoms. The summed E-state index contributed by atoms with van der Waals surface area (Å²) < 4.78 is 0. The maximum absolute atomic E-state index is 12.3. The van der Waals surface area contributed by atoms with Crippen LogP contribution in [0.5, 0.6) is 0 Å². The van der Waals surface area contributed by atoms with Gasteiger partial charge < -0.3 is 10.3 Å². The summed E-state index contributed by atoms with van der Waals surface area (Å²) >= 11 is 0. The Bertz CT molecular complexity index is 819. The number of aryl methyl sites for hydroxylation is 2. The number of benzene rings is 1. The molecule has 2 aromatic rings. The number of carbonyl (C=O) groups is 2. The van der Waals surface area contributed by atoms with Crippen molar-refractivity contribution in [2.45, 2.75) is 32.7 Å². The zero-order valence-corrected chi connectivity index (χ0v) is 12.9. The Morgan fingerprint density at radius 2 is 1.91 bits per heavy atom. The van der Waals surface area contributed by atoms with Gasteiger partial charge >= 0.3 is 0 Å². The van der Waals surface area contributed by atoms with Crippen LogP contribution in [0.2, 0.25) is 0 Å². The van der Waals surface area contributed by atoms with Gasteiger partial charge in [-0.1, -0.05) is 29.8 Å². The zero-order valence-electron chi connectivity index (χ0n) is 12.9. The van der Waals surface area contributed by atoms with Crippen molar-refractivity contribution < 1.29 is 9.59 Å². The Balaban J connectivity index is 1.79. The molecule has 0 bridgehead atoms.